The van der Waals surface area contributed by atoms with E-state index < -0.39 is 11.6 Å². The van der Waals surface area contributed by atoms with Crippen molar-refractivity contribution in [3.8, 4) is 6.07 Å². The van der Waals surface area contributed by atoms with Gasteiger partial charge in [0.1, 0.15) is 6.07 Å². The maximum Gasteiger partial charge on any atom is 0.183 e. The van der Waals surface area contributed by atoms with Crippen molar-refractivity contribution in [1.29, 1.82) is 5.26 Å². The number of rotatable bonds is 1. The van der Waals surface area contributed by atoms with Gasteiger partial charge in [-0.25, -0.2) is 8.78 Å². The summed E-state index contributed by atoms with van der Waals surface area (Å²) in [5.41, 5.74) is 0.0277. The lowest BCUT2D eigenvalue weighted by atomic mass is 9.88. The van der Waals surface area contributed by atoms with E-state index in [4.69, 9.17) is 5.26 Å². The zero-order chi connectivity index (χ0) is 13.3. The number of nitrogens with zero attached hydrogens (tertiary/aromatic N) is 2. The van der Waals surface area contributed by atoms with Crippen molar-refractivity contribution in [2.24, 2.45) is 11.8 Å². The average molecular weight is 250 g/mol. The van der Waals surface area contributed by atoms with E-state index in [9.17, 15) is 8.78 Å². The summed E-state index contributed by atoms with van der Waals surface area (Å²) in [5.74, 6) is -0.888. The predicted octanol–water partition coefficient (Wildman–Crippen LogP) is 3.32. The van der Waals surface area contributed by atoms with Gasteiger partial charge in [0.15, 0.2) is 11.6 Å². The van der Waals surface area contributed by atoms with Gasteiger partial charge < -0.3 is 4.90 Å². The summed E-state index contributed by atoms with van der Waals surface area (Å²) < 4.78 is 27.5. The molecule has 2 rings (SSSR count). The van der Waals surface area contributed by atoms with Crippen LogP contribution in [0.15, 0.2) is 12.1 Å². The molecule has 1 aliphatic rings. The van der Waals surface area contributed by atoms with Gasteiger partial charge in [-0.15, -0.1) is 0 Å². The zero-order valence-electron chi connectivity index (χ0n) is 10.6. The van der Waals surface area contributed by atoms with Gasteiger partial charge in [0, 0.05) is 13.1 Å². The molecule has 1 aromatic carbocycles. The molecule has 0 saturated carbocycles. The Morgan fingerprint density at radius 2 is 1.94 bits per heavy atom. The number of hydrogen-bond donors (Lipinski definition) is 0. The molecule has 0 aliphatic carbocycles. The molecule has 2 nitrogen and oxygen atoms in total. The van der Waals surface area contributed by atoms with Gasteiger partial charge in [-0.2, -0.15) is 5.26 Å². The van der Waals surface area contributed by atoms with Crippen LogP contribution in [-0.2, 0) is 0 Å². The lowest BCUT2D eigenvalue weighted by Crippen LogP contribution is -2.39. The molecule has 2 unspecified atom stereocenters. The first-order chi connectivity index (χ1) is 8.54. The van der Waals surface area contributed by atoms with Gasteiger partial charge in [-0.05, 0) is 30.4 Å². The fourth-order valence-electron chi connectivity index (χ4n) is 2.35. The van der Waals surface area contributed by atoms with Crippen LogP contribution in [0, 0.1) is 34.8 Å². The van der Waals surface area contributed by atoms with Crippen molar-refractivity contribution < 1.29 is 8.78 Å². The number of piperidine rings is 1. The number of halogens is 2. The Kier molecular flexibility index (Phi) is 3.51. The van der Waals surface area contributed by atoms with Gasteiger partial charge in [-0.3, -0.25) is 0 Å². The normalized spacial score (nSPS) is 23.8. The minimum atomic E-state index is -1.04. The van der Waals surface area contributed by atoms with Crippen LogP contribution in [0.5, 0.6) is 0 Å². The van der Waals surface area contributed by atoms with Gasteiger partial charge in [0.2, 0.25) is 0 Å². The Balaban J connectivity index is 2.30. The van der Waals surface area contributed by atoms with Gasteiger partial charge in [-0.1, -0.05) is 13.8 Å². The molecule has 0 bridgehead atoms. The molecule has 0 radical (unpaired) electrons. The monoisotopic (exact) mass is 250 g/mol. The molecule has 0 spiro atoms. The van der Waals surface area contributed by atoms with Gasteiger partial charge >= 0.3 is 0 Å². The maximum atomic E-state index is 13.9. The third-order valence-corrected chi connectivity index (χ3v) is 3.86. The van der Waals surface area contributed by atoms with E-state index in [2.05, 4.69) is 13.8 Å². The van der Waals surface area contributed by atoms with Crippen LogP contribution in [0.4, 0.5) is 14.5 Å². The van der Waals surface area contributed by atoms with Gasteiger partial charge in [0.05, 0.1) is 11.3 Å². The minimum Gasteiger partial charge on any atom is -0.369 e. The largest absolute Gasteiger partial charge is 0.369 e. The molecular weight excluding hydrogens is 234 g/mol. The van der Waals surface area contributed by atoms with Crippen LogP contribution in [0.25, 0.3) is 0 Å². The summed E-state index contributed by atoms with van der Waals surface area (Å²) in [7, 11) is 0. The average Bonchev–Trinajstić information content (AvgIpc) is 2.36. The summed E-state index contributed by atoms with van der Waals surface area (Å²) in [6.45, 7) is 5.75. The number of hydrogen-bond acceptors (Lipinski definition) is 2. The molecule has 18 heavy (non-hydrogen) atoms. The summed E-state index contributed by atoms with van der Waals surface area (Å²) >= 11 is 0. The standard InChI is InChI=1S/C14H16F2N2/c1-9-5-6-18(8-10(9)2)12-4-3-11(7-17)13(15)14(12)16/h3-4,9-10H,5-6,8H2,1-2H3. The summed E-state index contributed by atoms with van der Waals surface area (Å²) in [4.78, 5) is 1.87. The first-order valence-electron chi connectivity index (χ1n) is 6.17. The molecule has 0 aromatic heterocycles. The molecule has 0 N–H and O–H groups in total. The second-order valence-electron chi connectivity index (χ2n) is 5.06. The molecule has 1 fully saturated rings. The fraction of sp³-hybridized carbons (Fsp3) is 0.500. The predicted molar refractivity (Wildman–Crippen MR) is 66.2 cm³/mol. The molecule has 1 aromatic rings. The number of benzene rings is 1. The lowest BCUT2D eigenvalue weighted by molar-refractivity contribution is 0.321. The molecule has 96 valence electrons. The minimum absolute atomic E-state index is 0.241. The summed E-state index contributed by atoms with van der Waals surface area (Å²) in [6, 6.07) is 4.49. The van der Waals surface area contributed by atoms with Crippen LogP contribution in [0.3, 0.4) is 0 Å². The smallest absolute Gasteiger partial charge is 0.183 e. The highest BCUT2D eigenvalue weighted by Gasteiger charge is 2.26. The van der Waals surface area contributed by atoms with E-state index in [0.29, 0.717) is 11.8 Å². The van der Waals surface area contributed by atoms with Gasteiger partial charge in [0.25, 0.3) is 0 Å². The molecule has 2 atom stereocenters. The van der Waals surface area contributed by atoms with Crippen molar-refractivity contribution in [1.82, 2.24) is 0 Å². The third kappa shape index (κ3) is 2.17. The van der Waals surface area contributed by atoms with Crippen LogP contribution < -0.4 is 4.90 Å². The summed E-state index contributed by atoms with van der Waals surface area (Å²) in [6.07, 6.45) is 0.974. The van der Waals surface area contributed by atoms with Crippen molar-refractivity contribution in [3.05, 3.63) is 29.3 Å². The highest BCUT2D eigenvalue weighted by molar-refractivity contribution is 5.52. The van der Waals surface area contributed by atoms with E-state index in [1.807, 2.05) is 4.90 Å². The van der Waals surface area contributed by atoms with E-state index in [0.717, 1.165) is 19.5 Å². The molecule has 0 amide bonds. The van der Waals surface area contributed by atoms with Crippen LogP contribution in [0.1, 0.15) is 25.8 Å². The first-order valence-corrected chi connectivity index (χ1v) is 6.17. The third-order valence-electron chi connectivity index (χ3n) is 3.86. The Labute approximate surface area is 106 Å². The Morgan fingerprint density at radius 3 is 2.56 bits per heavy atom. The maximum absolute atomic E-state index is 13.9. The second kappa shape index (κ2) is 4.93. The van der Waals surface area contributed by atoms with Crippen molar-refractivity contribution in [2.75, 3.05) is 18.0 Å². The second-order valence-corrected chi connectivity index (χ2v) is 5.06. The lowest BCUT2D eigenvalue weighted by Gasteiger charge is -2.37. The molecule has 1 heterocycles. The van der Waals surface area contributed by atoms with Crippen molar-refractivity contribution in [2.45, 2.75) is 20.3 Å². The Hall–Kier alpha value is -1.63. The molecule has 1 saturated heterocycles. The highest BCUT2D eigenvalue weighted by Crippen LogP contribution is 2.30. The topological polar surface area (TPSA) is 27.0 Å². The van der Waals surface area contributed by atoms with E-state index in [1.54, 1.807) is 6.07 Å². The highest BCUT2D eigenvalue weighted by atomic mass is 19.2. The Bertz CT molecular complexity index is 493. The molecule has 4 heteroatoms. The summed E-state index contributed by atoms with van der Waals surface area (Å²) in [5, 5.41) is 8.65. The zero-order valence-corrected chi connectivity index (χ0v) is 10.6. The van der Waals surface area contributed by atoms with Crippen LogP contribution in [0.2, 0.25) is 0 Å². The number of anilines is 1. The van der Waals surface area contributed by atoms with Crippen LogP contribution in [-0.4, -0.2) is 13.1 Å². The van der Waals surface area contributed by atoms with Crippen molar-refractivity contribution in [3.63, 3.8) is 0 Å². The first kappa shape index (κ1) is 12.8. The van der Waals surface area contributed by atoms with Crippen molar-refractivity contribution >= 4 is 5.69 Å². The van der Waals surface area contributed by atoms with E-state index >= 15 is 0 Å². The Morgan fingerprint density at radius 1 is 1.22 bits per heavy atom. The van der Waals surface area contributed by atoms with E-state index in [-0.39, 0.29) is 11.3 Å². The number of nitriles is 1. The quantitative estimate of drug-likeness (QED) is 0.764. The SMILES string of the molecule is CC1CCN(c2ccc(C#N)c(F)c2F)CC1C. The van der Waals surface area contributed by atoms with E-state index in [1.165, 1.54) is 12.1 Å². The molecular formula is C14H16F2N2. The van der Waals surface area contributed by atoms with Crippen LogP contribution >= 0.6 is 0 Å². The fourth-order valence-corrected chi connectivity index (χ4v) is 2.35. The molecule has 1 aliphatic heterocycles.